The van der Waals surface area contributed by atoms with E-state index in [1.807, 2.05) is 0 Å². The van der Waals surface area contributed by atoms with Crippen LogP contribution in [0.25, 0.3) is 0 Å². The minimum atomic E-state index is 0.112. The van der Waals surface area contributed by atoms with E-state index >= 15 is 0 Å². The van der Waals surface area contributed by atoms with Crippen molar-refractivity contribution in [3.63, 3.8) is 0 Å². The van der Waals surface area contributed by atoms with Crippen molar-refractivity contribution in [2.24, 2.45) is 21.7 Å². The molecule has 0 amide bonds. The Morgan fingerprint density at radius 1 is 1.41 bits per heavy atom. The van der Waals surface area contributed by atoms with E-state index in [9.17, 15) is 4.79 Å². The zero-order chi connectivity index (χ0) is 12.3. The van der Waals surface area contributed by atoms with Crippen LogP contribution in [0.3, 0.4) is 0 Å². The number of Topliss-reactive ketones (excluding diaryl/α,β-unsaturated/α-hetero) is 1. The molecule has 3 nitrogen and oxygen atoms in total. The number of carbonyl (C=O) groups excluding carboxylic acids is 1. The van der Waals surface area contributed by atoms with E-state index in [-0.39, 0.29) is 22.0 Å². The van der Waals surface area contributed by atoms with Gasteiger partial charge < -0.3 is 5.32 Å². The van der Waals surface area contributed by atoms with E-state index in [1.54, 1.807) is 11.8 Å². The normalized spacial score (nSPS) is 42.8. The fourth-order valence-corrected chi connectivity index (χ4v) is 5.28. The number of nitrogens with one attached hydrogen (secondary N) is 1. The van der Waals surface area contributed by atoms with Crippen LogP contribution < -0.4 is 5.32 Å². The molecule has 2 bridgehead atoms. The molecule has 0 aromatic rings. The van der Waals surface area contributed by atoms with Gasteiger partial charge in [0.05, 0.1) is 11.8 Å². The molecule has 3 atom stereocenters. The first-order valence-corrected chi connectivity index (χ1v) is 7.33. The molecular formula is C13H20N2OS. The van der Waals surface area contributed by atoms with Crippen LogP contribution in [0.4, 0.5) is 0 Å². The quantitative estimate of drug-likeness (QED) is 0.777. The van der Waals surface area contributed by atoms with Crippen LogP contribution in [0.2, 0.25) is 0 Å². The van der Waals surface area contributed by atoms with E-state index in [0.717, 1.165) is 24.7 Å². The van der Waals surface area contributed by atoms with Crippen LogP contribution in [0, 0.1) is 16.7 Å². The second-order valence-corrected chi connectivity index (χ2v) is 7.34. The summed E-state index contributed by atoms with van der Waals surface area (Å²) >= 11 is 1.68. The Morgan fingerprint density at radius 3 is 2.71 bits per heavy atom. The lowest BCUT2D eigenvalue weighted by Gasteiger charge is -2.37. The summed E-state index contributed by atoms with van der Waals surface area (Å²) in [6, 6.07) is 0. The molecule has 2 fully saturated rings. The molecule has 2 aliphatic carbocycles. The Morgan fingerprint density at radius 2 is 2.18 bits per heavy atom. The molecule has 4 heteroatoms. The second-order valence-electron chi connectivity index (χ2n) is 6.24. The van der Waals surface area contributed by atoms with E-state index in [1.165, 1.54) is 6.42 Å². The largest absolute Gasteiger partial charge is 0.363 e. The predicted octanol–water partition coefficient (Wildman–Crippen LogP) is 2.07. The standard InChI is InChI=1S/C13H20N2OS/c1-12(2)8-4-5-13(12,3)10(9(8)16)17-11-14-6-7-15-11/h8,10H,4-7H2,1-3H3,(H,14,15)/t8-,10-,13-/m1/s1. The number of thioether (sulfide) groups is 1. The molecule has 0 aromatic carbocycles. The fraction of sp³-hybridized carbons (Fsp3) is 0.846. The summed E-state index contributed by atoms with van der Waals surface area (Å²) in [7, 11) is 0. The van der Waals surface area contributed by atoms with Gasteiger partial charge in [-0.25, -0.2) is 0 Å². The van der Waals surface area contributed by atoms with Crippen molar-refractivity contribution >= 4 is 22.7 Å². The lowest BCUT2D eigenvalue weighted by Crippen LogP contribution is -2.37. The van der Waals surface area contributed by atoms with Gasteiger partial charge in [-0.2, -0.15) is 0 Å². The Hall–Kier alpha value is -0.510. The highest BCUT2D eigenvalue weighted by atomic mass is 32.2. The monoisotopic (exact) mass is 252 g/mol. The van der Waals surface area contributed by atoms with Crippen LogP contribution in [0.5, 0.6) is 0 Å². The van der Waals surface area contributed by atoms with Gasteiger partial charge in [-0.1, -0.05) is 32.5 Å². The van der Waals surface area contributed by atoms with Crippen LogP contribution >= 0.6 is 11.8 Å². The fourth-order valence-electron chi connectivity index (χ4n) is 3.74. The van der Waals surface area contributed by atoms with Crippen LogP contribution in [-0.2, 0) is 4.79 Å². The Kier molecular flexibility index (Phi) is 2.38. The maximum Gasteiger partial charge on any atom is 0.157 e. The molecule has 1 N–H and O–H groups in total. The Balaban J connectivity index is 1.88. The van der Waals surface area contributed by atoms with Crippen molar-refractivity contribution in [2.75, 3.05) is 13.1 Å². The van der Waals surface area contributed by atoms with Gasteiger partial charge in [-0.15, -0.1) is 0 Å². The number of hydrogen-bond acceptors (Lipinski definition) is 4. The van der Waals surface area contributed by atoms with E-state index in [2.05, 4.69) is 31.1 Å². The maximum atomic E-state index is 12.5. The molecule has 1 heterocycles. The third-order valence-corrected chi connectivity index (χ3v) is 6.83. The molecule has 3 aliphatic rings. The molecular weight excluding hydrogens is 232 g/mol. The third kappa shape index (κ3) is 1.36. The summed E-state index contributed by atoms with van der Waals surface area (Å²) in [5.74, 6) is 0.733. The highest BCUT2D eigenvalue weighted by molar-refractivity contribution is 8.15. The van der Waals surface area contributed by atoms with Gasteiger partial charge in [0.1, 0.15) is 5.78 Å². The Labute approximate surface area is 107 Å². The number of nitrogens with zero attached hydrogens (tertiary/aromatic N) is 1. The van der Waals surface area contributed by atoms with Crippen LogP contribution in [0.1, 0.15) is 33.6 Å². The molecule has 3 rings (SSSR count). The molecule has 0 saturated heterocycles. The van der Waals surface area contributed by atoms with Gasteiger partial charge in [0.15, 0.2) is 5.17 Å². The van der Waals surface area contributed by atoms with Gasteiger partial charge in [-0.05, 0) is 23.7 Å². The van der Waals surface area contributed by atoms with Crippen molar-refractivity contribution in [3.8, 4) is 0 Å². The number of rotatable bonds is 1. The second kappa shape index (κ2) is 3.50. The molecule has 2 saturated carbocycles. The summed E-state index contributed by atoms with van der Waals surface area (Å²) < 4.78 is 0. The van der Waals surface area contributed by atoms with E-state index in [4.69, 9.17) is 0 Å². The van der Waals surface area contributed by atoms with Gasteiger partial charge in [0.2, 0.25) is 0 Å². The van der Waals surface area contributed by atoms with E-state index < -0.39 is 0 Å². The summed E-state index contributed by atoms with van der Waals surface area (Å²) in [4.78, 5) is 16.9. The first-order valence-electron chi connectivity index (χ1n) is 6.45. The molecule has 0 unspecified atom stereocenters. The Bertz CT molecular complexity index is 404. The summed E-state index contributed by atoms with van der Waals surface area (Å²) in [6.07, 6.45) is 2.26. The molecule has 17 heavy (non-hydrogen) atoms. The highest BCUT2D eigenvalue weighted by Gasteiger charge is 2.66. The van der Waals surface area contributed by atoms with Gasteiger partial charge in [0.25, 0.3) is 0 Å². The first kappa shape index (κ1) is 11.6. The maximum absolute atomic E-state index is 12.5. The molecule has 0 radical (unpaired) electrons. The summed E-state index contributed by atoms with van der Waals surface area (Å²) in [6.45, 7) is 8.62. The number of aliphatic imine (C=N–C) groups is 1. The molecule has 0 spiro atoms. The van der Waals surface area contributed by atoms with Gasteiger partial charge >= 0.3 is 0 Å². The lowest BCUT2D eigenvalue weighted by atomic mass is 9.71. The molecule has 1 aliphatic heterocycles. The van der Waals surface area contributed by atoms with Crippen molar-refractivity contribution in [3.05, 3.63) is 0 Å². The molecule has 0 aromatic heterocycles. The minimum Gasteiger partial charge on any atom is -0.363 e. The van der Waals surface area contributed by atoms with Crippen molar-refractivity contribution in [1.29, 1.82) is 0 Å². The number of hydrogen-bond donors (Lipinski definition) is 1. The van der Waals surface area contributed by atoms with Crippen molar-refractivity contribution in [1.82, 2.24) is 5.32 Å². The number of carbonyl (C=O) groups is 1. The first-order chi connectivity index (χ1) is 7.97. The third-order valence-electron chi connectivity index (χ3n) is 5.35. The molecule has 94 valence electrons. The van der Waals surface area contributed by atoms with Crippen molar-refractivity contribution < 1.29 is 4.79 Å². The van der Waals surface area contributed by atoms with Crippen LogP contribution in [-0.4, -0.2) is 29.3 Å². The van der Waals surface area contributed by atoms with Gasteiger partial charge in [0, 0.05) is 12.5 Å². The number of fused-ring (bicyclic) bond motifs is 2. The lowest BCUT2D eigenvalue weighted by molar-refractivity contribution is -0.122. The number of ketones is 1. The topological polar surface area (TPSA) is 41.5 Å². The number of amidine groups is 1. The summed E-state index contributed by atoms with van der Waals surface area (Å²) in [5.41, 5.74) is 0.299. The van der Waals surface area contributed by atoms with Gasteiger partial charge in [-0.3, -0.25) is 9.79 Å². The minimum absolute atomic E-state index is 0.112. The SMILES string of the molecule is CC1(C)[C@@H]2CC[C@]1(C)[C@H](SC1=NCCN1)C2=O. The predicted molar refractivity (Wildman–Crippen MR) is 71.3 cm³/mol. The smallest absolute Gasteiger partial charge is 0.157 e. The van der Waals surface area contributed by atoms with E-state index in [0.29, 0.717) is 5.78 Å². The zero-order valence-corrected chi connectivity index (χ0v) is 11.6. The highest BCUT2D eigenvalue weighted by Crippen LogP contribution is 2.66. The average Bonchev–Trinajstić information content (AvgIpc) is 2.86. The zero-order valence-electron chi connectivity index (χ0n) is 10.7. The van der Waals surface area contributed by atoms with Crippen molar-refractivity contribution in [2.45, 2.75) is 38.9 Å². The average molecular weight is 252 g/mol. The van der Waals surface area contributed by atoms with Crippen LogP contribution in [0.15, 0.2) is 4.99 Å². The summed E-state index contributed by atoms with van der Waals surface area (Å²) in [5, 5.41) is 4.36.